The minimum Gasteiger partial charge on any atom is -0.369 e. The number of anilines is 1. The van der Waals surface area contributed by atoms with Gasteiger partial charge in [0.15, 0.2) is 0 Å². The van der Waals surface area contributed by atoms with Crippen molar-refractivity contribution in [2.75, 3.05) is 11.9 Å². The molecule has 0 bridgehead atoms. The van der Waals surface area contributed by atoms with Gasteiger partial charge < -0.3 is 5.32 Å². The van der Waals surface area contributed by atoms with Crippen molar-refractivity contribution in [1.82, 2.24) is 9.97 Å². The lowest BCUT2D eigenvalue weighted by Gasteiger charge is -2.03. The van der Waals surface area contributed by atoms with E-state index in [1.807, 2.05) is 6.07 Å². The molecule has 0 saturated heterocycles. The maximum atomic E-state index is 4.27. The Morgan fingerprint density at radius 3 is 3.21 bits per heavy atom. The van der Waals surface area contributed by atoms with E-state index in [0.717, 1.165) is 23.8 Å². The fourth-order valence-electron chi connectivity index (χ4n) is 1.48. The largest absolute Gasteiger partial charge is 0.369 e. The first-order valence-electron chi connectivity index (χ1n) is 4.85. The van der Waals surface area contributed by atoms with E-state index >= 15 is 0 Å². The molecule has 0 spiro atoms. The van der Waals surface area contributed by atoms with Crippen molar-refractivity contribution in [2.24, 2.45) is 5.92 Å². The molecule has 0 aromatic carbocycles. The van der Waals surface area contributed by atoms with Gasteiger partial charge in [-0.25, -0.2) is 9.97 Å². The summed E-state index contributed by atoms with van der Waals surface area (Å²) < 4.78 is 1.17. The predicted octanol–water partition coefficient (Wildman–Crippen LogP) is 2.51. The SMILES string of the molecule is c1nc(NCC2CC2)c2sccc2n1. The van der Waals surface area contributed by atoms with Gasteiger partial charge in [0.1, 0.15) is 12.1 Å². The average molecular weight is 205 g/mol. The van der Waals surface area contributed by atoms with E-state index in [2.05, 4.69) is 20.7 Å². The second-order valence-corrected chi connectivity index (χ2v) is 4.60. The van der Waals surface area contributed by atoms with Gasteiger partial charge in [0.25, 0.3) is 0 Å². The Balaban J connectivity index is 1.89. The quantitative estimate of drug-likeness (QED) is 0.836. The van der Waals surface area contributed by atoms with Crippen LogP contribution in [0.2, 0.25) is 0 Å². The standard InChI is InChI=1S/C10H11N3S/c1-2-7(1)5-11-10-9-8(3-4-14-9)12-6-13-10/h3-4,6-7H,1-2,5H2,(H,11,12,13). The van der Waals surface area contributed by atoms with Crippen molar-refractivity contribution in [2.45, 2.75) is 12.8 Å². The van der Waals surface area contributed by atoms with Gasteiger partial charge in [0.05, 0.1) is 10.2 Å². The molecule has 3 rings (SSSR count). The highest BCUT2D eigenvalue weighted by atomic mass is 32.1. The Bertz CT molecular complexity index is 447. The molecule has 1 saturated carbocycles. The summed E-state index contributed by atoms with van der Waals surface area (Å²) >= 11 is 1.70. The van der Waals surface area contributed by atoms with Crippen molar-refractivity contribution >= 4 is 27.4 Å². The fraction of sp³-hybridized carbons (Fsp3) is 0.400. The van der Waals surface area contributed by atoms with E-state index in [9.17, 15) is 0 Å². The van der Waals surface area contributed by atoms with Gasteiger partial charge in [-0.1, -0.05) is 0 Å². The smallest absolute Gasteiger partial charge is 0.147 e. The van der Waals surface area contributed by atoms with Crippen LogP contribution in [0.15, 0.2) is 17.8 Å². The Morgan fingerprint density at radius 2 is 2.36 bits per heavy atom. The number of thiophene rings is 1. The highest BCUT2D eigenvalue weighted by Crippen LogP contribution is 2.30. The zero-order chi connectivity index (χ0) is 9.38. The monoisotopic (exact) mass is 205 g/mol. The third kappa shape index (κ3) is 1.46. The lowest BCUT2D eigenvalue weighted by molar-refractivity contribution is 0.884. The highest BCUT2D eigenvalue weighted by Gasteiger charge is 2.21. The summed E-state index contributed by atoms with van der Waals surface area (Å²) in [7, 11) is 0. The van der Waals surface area contributed by atoms with Gasteiger partial charge in [-0.15, -0.1) is 11.3 Å². The molecule has 4 heteroatoms. The third-order valence-corrected chi connectivity index (χ3v) is 3.41. The molecule has 14 heavy (non-hydrogen) atoms. The van der Waals surface area contributed by atoms with Crippen molar-refractivity contribution in [1.29, 1.82) is 0 Å². The summed E-state index contributed by atoms with van der Waals surface area (Å²) in [6.07, 6.45) is 4.36. The van der Waals surface area contributed by atoms with Gasteiger partial charge in [-0.2, -0.15) is 0 Å². The number of aromatic nitrogens is 2. The normalized spacial score (nSPS) is 16.0. The van der Waals surface area contributed by atoms with Gasteiger partial charge in [0, 0.05) is 6.54 Å². The summed E-state index contributed by atoms with van der Waals surface area (Å²) in [5, 5.41) is 5.45. The van der Waals surface area contributed by atoms with Crippen LogP contribution in [-0.2, 0) is 0 Å². The summed E-state index contributed by atoms with van der Waals surface area (Å²) in [6.45, 7) is 1.06. The van der Waals surface area contributed by atoms with E-state index in [0.29, 0.717) is 0 Å². The number of nitrogens with one attached hydrogen (secondary N) is 1. The Hall–Kier alpha value is -1.16. The predicted molar refractivity (Wildman–Crippen MR) is 58.6 cm³/mol. The summed E-state index contributed by atoms with van der Waals surface area (Å²) in [5.74, 6) is 1.87. The van der Waals surface area contributed by atoms with E-state index in [1.165, 1.54) is 17.5 Å². The molecule has 1 fully saturated rings. The molecule has 72 valence electrons. The van der Waals surface area contributed by atoms with Crippen molar-refractivity contribution < 1.29 is 0 Å². The zero-order valence-corrected chi connectivity index (χ0v) is 8.55. The van der Waals surface area contributed by atoms with Gasteiger partial charge >= 0.3 is 0 Å². The van der Waals surface area contributed by atoms with Crippen LogP contribution in [-0.4, -0.2) is 16.5 Å². The first-order chi connectivity index (χ1) is 6.93. The summed E-state index contributed by atoms with van der Waals surface area (Å²) in [5.41, 5.74) is 1.04. The van der Waals surface area contributed by atoms with E-state index in [1.54, 1.807) is 17.7 Å². The van der Waals surface area contributed by atoms with Crippen LogP contribution in [0.4, 0.5) is 5.82 Å². The molecule has 0 amide bonds. The van der Waals surface area contributed by atoms with E-state index in [-0.39, 0.29) is 0 Å². The molecule has 0 radical (unpaired) electrons. The Kier molecular flexibility index (Phi) is 1.87. The first kappa shape index (κ1) is 8.17. The number of nitrogens with zero attached hydrogens (tertiary/aromatic N) is 2. The molecule has 2 aromatic heterocycles. The van der Waals surface area contributed by atoms with Crippen LogP contribution < -0.4 is 5.32 Å². The molecule has 2 heterocycles. The lowest BCUT2D eigenvalue weighted by atomic mass is 10.4. The fourth-order valence-corrected chi connectivity index (χ4v) is 2.29. The van der Waals surface area contributed by atoms with Crippen LogP contribution in [0.3, 0.4) is 0 Å². The minimum atomic E-state index is 0.875. The molecular formula is C10H11N3S. The maximum Gasteiger partial charge on any atom is 0.147 e. The molecule has 0 unspecified atom stereocenters. The molecule has 0 atom stereocenters. The first-order valence-corrected chi connectivity index (χ1v) is 5.73. The van der Waals surface area contributed by atoms with Gasteiger partial charge in [-0.05, 0) is 30.2 Å². The zero-order valence-electron chi connectivity index (χ0n) is 7.73. The number of fused-ring (bicyclic) bond motifs is 1. The van der Waals surface area contributed by atoms with Crippen LogP contribution in [0.5, 0.6) is 0 Å². The minimum absolute atomic E-state index is 0.875. The second kappa shape index (κ2) is 3.20. The Morgan fingerprint density at radius 1 is 1.43 bits per heavy atom. The van der Waals surface area contributed by atoms with Gasteiger partial charge in [-0.3, -0.25) is 0 Å². The van der Waals surface area contributed by atoms with Crippen molar-refractivity contribution in [3.8, 4) is 0 Å². The molecule has 1 N–H and O–H groups in total. The lowest BCUT2D eigenvalue weighted by Crippen LogP contribution is -2.04. The van der Waals surface area contributed by atoms with E-state index < -0.39 is 0 Å². The van der Waals surface area contributed by atoms with Crippen LogP contribution >= 0.6 is 11.3 Å². The Labute approximate surface area is 86.2 Å². The number of rotatable bonds is 3. The van der Waals surface area contributed by atoms with Crippen molar-refractivity contribution in [3.05, 3.63) is 17.8 Å². The topological polar surface area (TPSA) is 37.8 Å². The van der Waals surface area contributed by atoms with Gasteiger partial charge in [0.2, 0.25) is 0 Å². The molecule has 0 aliphatic heterocycles. The second-order valence-electron chi connectivity index (χ2n) is 3.68. The van der Waals surface area contributed by atoms with Crippen LogP contribution in [0.25, 0.3) is 10.2 Å². The number of hydrogen-bond donors (Lipinski definition) is 1. The molecule has 2 aromatic rings. The molecule has 3 nitrogen and oxygen atoms in total. The molecule has 1 aliphatic carbocycles. The summed E-state index contributed by atoms with van der Waals surface area (Å²) in [4.78, 5) is 8.47. The highest BCUT2D eigenvalue weighted by molar-refractivity contribution is 7.17. The van der Waals surface area contributed by atoms with Crippen LogP contribution in [0, 0.1) is 5.92 Å². The average Bonchev–Trinajstić information content (AvgIpc) is 2.91. The summed E-state index contributed by atoms with van der Waals surface area (Å²) in [6, 6.07) is 2.03. The molecular weight excluding hydrogens is 194 g/mol. The molecule has 1 aliphatic rings. The van der Waals surface area contributed by atoms with Crippen molar-refractivity contribution in [3.63, 3.8) is 0 Å². The van der Waals surface area contributed by atoms with E-state index in [4.69, 9.17) is 0 Å². The third-order valence-electron chi connectivity index (χ3n) is 2.50. The maximum absolute atomic E-state index is 4.27. The number of hydrogen-bond acceptors (Lipinski definition) is 4. The van der Waals surface area contributed by atoms with Crippen LogP contribution in [0.1, 0.15) is 12.8 Å².